The van der Waals surface area contributed by atoms with Gasteiger partial charge in [-0.15, -0.1) is 0 Å². The molecule has 2 aromatic rings. The number of methoxy groups -OCH3 is 1. The van der Waals surface area contributed by atoms with Gasteiger partial charge in [0, 0.05) is 31.5 Å². The summed E-state index contributed by atoms with van der Waals surface area (Å²) in [6.45, 7) is 8.27. The first kappa shape index (κ1) is 29.7. The van der Waals surface area contributed by atoms with Gasteiger partial charge in [-0.1, -0.05) is 44.0 Å². The Hall–Kier alpha value is -3.52. The summed E-state index contributed by atoms with van der Waals surface area (Å²) in [7, 11) is 3.07. The maximum absolute atomic E-state index is 12.6. The topological polar surface area (TPSA) is 86.3 Å². The van der Waals surface area contributed by atoms with E-state index in [9.17, 15) is 9.59 Å². The molecule has 0 unspecified atom stereocenters. The molecule has 37 heavy (non-hydrogen) atoms. The van der Waals surface area contributed by atoms with Crippen LogP contribution in [-0.2, 0) is 19.0 Å². The van der Waals surface area contributed by atoms with Crippen LogP contribution in [0.4, 0.5) is 10.5 Å². The van der Waals surface area contributed by atoms with Crippen molar-refractivity contribution >= 4 is 23.8 Å². The lowest BCUT2D eigenvalue weighted by atomic mass is 10.0. The number of esters is 1. The monoisotopic (exact) mass is 512 g/mol. The van der Waals surface area contributed by atoms with Gasteiger partial charge in [0.25, 0.3) is 0 Å². The van der Waals surface area contributed by atoms with Crippen LogP contribution in [0.3, 0.4) is 0 Å². The zero-order valence-corrected chi connectivity index (χ0v) is 22.7. The van der Waals surface area contributed by atoms with E-state index in [0.717, 1.165) is 41.6 Å². The lowest BCUT2D eigenvalue weighted by Crippen LogP contribution is -2.37. The van der Waals surface area contributed by atoms with Gasteiger partial charge in [-0.2, -0.15) is 0 Å². The Kier molecular flexibility index (Phi) is 13.1. The Morgan fingerprint density at radius 2 is 1.81 bits per heavy atom. The molecule has 2 rings (SSSR count). The highest BCUT2D eigenvalue weighted by atomic mass is 16.6. The highest BCUT2D eigenvalue weighted by Crippen LogP contribution is 2.34. The van der Waals surface area contributed by atoms with E-state index in [2.05, 4.69) is 12.2 Å². The van der Waals surface area contributed by atoms with E-state index in [1.165, 1.54) is 7.11 Å². The molecule has 0 saturated heterocycles. The third kappa shape index (κ3) is 9.46. The summed E-state index contributed by atoms with van der Waals surface area (Å²) in [6, 6.07) is 13.2. The molecule has 2 aromatic carbocycles. The number of carbonyl (C=O) groups excluding carboxylic acids is 2. The summed E-state index contributed by atoms with van der Waals surface area (Å²) in [6.07, 6.45) is 4.78. The summed E-state index contributed by atoms with van der Waals surface area (Å²) < 4.78 is 21.8. The molecule has 0 atom stereocenters. The molecule has 8 heteroatoms. The molecule has 0 aliphatic heterocycles. The normalized spacial score (nSPS) is 11.1. The van der Waals surface area contributed by atoms with E-state index in [1.807, 2.05) is 49.4 Å². The van der Waals surface area contributed by atoms with Crippen LogP contribution in [0.15, 0.2) is 48.2 Å². The first-order valence-corrected chi connectivity index (χ1v) is 12.8. The van der Waals surface area contributed by atoms with Crippen molar-refractivity contribution in [1.29, 1.82) is 0 Å². The number of ether oxygens (including phenoxy) is 4. The average Bonchev–Trinajstić information content (AvgIpc) is 2.92. The lowest BCUT2D eigenvalue weighted by molar-refractivity contribution is -0.139. The fourth-order valence-corrected chi connectivity index (χ4v) is 3.60. The van der Waals surface area contributed by atoms with Gasteiger partial charge in [-0.3, -0.25) is 4.90 Å². The summed E-state index contributed by atoms with van der Waals surface area (Å²) in [5, 5.41) is 2.97. The van der Waals surface area contributed by atoms with Crippen LogP contribution >= 0.6 is 0 Å². The van der Waals surface area contributed by atoms with Crippen molar-refractivity contribution in [3.63, 3.8) is 0 Å². The van der Waals surface area contributed by atoms with E-state index in [4.69, 9.17) is 18.9 Å². The highest BCUT2D eigenvalue weighted by molar-refractivity contribution is 5.93. The highest BCUT2D eigenvalue weighted by Gasteiger charge is 2.15. The Morgan fingerprint density at radius 3 is 2.51 bits per heavy atom. The number of nitrogens with one attached hydrogen (secondary N) is 1. The van der Waals surface area contributed by atoms with Crippen LogP contribution in [0.1, 0.15) is 45.6 Å². The fourth-order valence-electron chi connectivity index (χ4n) is 3.60. The molecule has 0 bridgehead atoms. The molecule has 0 aliphatic carbocycles. The van der Waals surface area contributed by atoms with Crippen LogP contribution in [0.2, 0.25) is 0 Å². The zero-order valence-electron chi connectivity index (χ0n) is 22.7. The molecular weight excluding hydrogens is 472 g/mol. The number of benzene rings is 2. The number of nitrogens with zero attached hydrogens (tertiary/aromatic N) is 1. The number of unbranched alkanes of at least 4 members (excludes halogenated alkanes) is 2. The van der Waals surface area contributed by atoms with Gasteiger partial charge in [0.15, 0.2) is 0 Å². The van der Waals surface area contributed by atoms with Crippen molar-refractivity contribution in [2.45, 2.75) is 40.0 Å². The molecule has 1 N–H and O–H groups in total. The minimum absolute atomic E-state index is 0.117. The maximum Gasteiger partial charge on any atom is 0.373 e. The van der Waals surface area contributed by atoms with Crippen molar-refractivity contribution < 1.29 is 28.5 Å². The molecule has 0 fully saturated rings. The number of hydrogen-bond acceptors (Lipinski definition) is 6. The largest absolute Gasteiger partial charge is 0.491 e. The van der Waals surface area contributed by atoms with Crippen LogP contribution < -0.4 is 15.0 Å². The van der Waals surface area contributed by atoms with Crippen molar-refractivity contribution in [3.05, 3.63) is 53.8 Å². The summed E-state index contributed by atoms with van der Waals surface area (Å²) in [5.74, 6) is 0.193. The molecule has 8 nitrogen and oxygen atoms in total. The number of anilines is 1. The molecule has 0 spiro atoms. The third-order valence-corrected chi connectivity index (χ3v) is 5.58. The first-order chi connectivity index (χ1) is 17.9. The maximum atomic E-state index is 12.6. The zero-order chi connectivity index (χ0) is 27.0. The molecule has 202 valence electrons. The Balaban J connectivity index is 2.36. The number of hydrogen-bond donors (Lipinski definition) is 1. The summed E-state index contributed by atoms with van der Waals surface area (Å²) in [5.41, 5.74) is 3.23. The number of amides is 2. The molecule has 0 aromatic heterocycles. The Morgan fingerprint density at radius 1 is 1.00 bits per heavy atom. The van der Waals surface area contributed by atoms with Gasteiger partial charge in [0.2, 0.25) is 5.76 Å². The van der Waals surface area contributed by atoms with Crippen LogP contribution in [-0.4, -0.2) is 59.1 Å². The minimum Gasteiger partial charge on any atom is -0.491 e. The second kappa shape index (κ2) is 16.3. The molecular formula is C29H40N2O6. The summed E-state index contributed by atoms with van der Waals surface area (Å²) in [4.78, 5) is 26.3. The second-order valence-corrected chi connectivity index (χ2v) is 8.28. The van der Waals surface area contributed by atoms with Crippen molar-refractivity contribution in [2.24, 2.45) is 0 Å². The second-order valence-electron chi connectivity index (χ2n) is 8.28. The van der Waals surface area contributed by atoms with E-state index >= 15 is 0 Å². The molecule has 0 heterocycles. The average molecular weight is 513 g/mol. The number of urea groups is 1. The van der Waals surface area contributed by atoms with Gasteiger partial charge < -0.3 is 24.3 Å². The molecule has 0 radical (unpaired) electrons. The Labute approximate surface area is 220 Å². The van der Waals surface area contributed by atoms with Crippen LogP contribution in [0, 0.1) is 0 Å². The van der Waals surface area contributed by atoms with Gasteiger partial charge in [0.05, 0.1) is 20.3 Å². The third-order valence-electron chi connectivity index (χ3n) is 5.58. The summed E-state index contributed by atoms with van der Waals surface area (Å²) >= 11 is 0. The molecule has 0 aliphatic rings. The van der Waals surface area contributed by atoms with E-state index < -0.39 is 5.97 Å². The van der Waals surface area contributed by atoms with Gasteiger partial charge in [-0.05, 0) is 55.7 Å². The first-order valence-electron chi connectivity index (χ1n) is 12.8. The molecule has 2 amide bonds. The van der Waals surface area contributed by atoms with E-state index in [0.29, 0.717) is 38.7 Å². The van der Waals surface area contributed by atoms with Crippen LogP contribution in [0.25, 0.3) is 17.2 Å². The van der Waals surface area contributed by atoms with Gasteiger partial charge >= 0.3 is 12.0 Å². The predicted molar refractivity (Wildman–Crippen MR) is 147 cm³/mol. The minimum atomic E-state index is -0.548. The standard InChI is InChI=1S/C29H40N2O6/c1-6-9-10-16-30-29(33)31(4)24-13-11-12-23(21-24)25-15-14-22(19-26(25)37-18-17-35-7-2)20-27(36-8-3)28(32)34-5/h11-15,19-21H,6-10,16-18H2,1-5H3,(H,30,33)/b27-20-. The van der Waals surface area contributed by atoms with Crippen LogP contribution in [0.5, 0.6) is 5.75 Å². The number of carbonyl (C=O) groups is 2. The fraction of sp³-hybridized carbons (Fsp3) is 0.448. The van der Waals surface area contributed by atoms with E-state index in [-0.39, 0.29) is 11.8 Å². The number of rotatable bonds is 15. The van der Waals surface area contributed by atoms with E-state index in [1.54, 1.807) is 24.9 Å². The predicted octanol–water partition coefficient (Wildman–Crippen LogP) is 5.66. The lowest BCUT2D eigenvalue weighted by Gasteiger charge is -2.20. The Bertz CT molecular complexity index is 1040. The smallest absolute Gasteiger partial charge is 0.373 e. The van der Waals surface area contributed by atoms with Gasteiger partial charge in [-0.25, -0.2) is 9.59 Å². The van der Waals surface area contributed by atoms with Crippen molar-refractivity contribution in [1.82, 2.24) is 5.32 Å². The van der Waals surface area contributed by atoms with Crippen molar-refractivity contribution in [3.8, 4) is 16.9 Å². The molecule has 0 saturated carbocycles. The quantitative estimate of drug-likeness (QED) is 0.144. The SMILES string of the molecule is CCCCCNC(=O)N(C)c1cccc(-c2ccc(/C=C(\OCC)C(=O)OC)cc2OCCOCC)c1. The van der Waals surface area contributed by atoms with Crippen molar-refractivity contribution in [2.75, 3.05) is 52.0 Å². The van der Waals surface area contributed by atoms with Gasteiger partial charge in [0.1, 0.15) is 12.4 Å².